The Kier molecular flexibility index (Phi) is 7.76. The first-order valence-corrected chi connectivity index (χ1v) is 12.9. The quantitative estimate of drug-likeness (QED) is 0.373. The van der Waals surface area contributed by atoms with Crippen molar-refractivity contribution in [3.63, 3.8) is 0 Å². The van der Waals surface area contributed by atoms with Crippen LogP contribution in [0.25, 0.3) is 11.0 Å². The molecular weight excluding hydrogens is 476 g/mol. The van der Waals surface area contributed by atoms with E-state index in [4.69, 9.17) is 14.7 Å². The molecule has 8 heteroatoms. The number of amides is 1. The molecule has 1 unspecified atom stereocenters. The Balaban J connectivity index is 1.38. The third kappa shape index (κ3) is 5.74. The first kappa shape index (κ1) is 25.2. The van der Waals surface area contributed by atoms with Crippen LogP contribution in [-0.4, -0.2) is 53.6 Å². The van der Waals surface area contributed by atoms with E-state index in [2.05, 4.69) is 45.5 Å². The zero-order chi connectivity index (χ0) is 26.3. The molecule has 1 saturated heterocycles. The Morgan fingerprint density at radius 1 is 0.947 bits per heavy atom. The van der Waals surface area contributed by atoms with Gasteiger partial charge in [0.25, 0.3) is 0 Å². The van der Waals surface area contributed by atoms with E-state index in [1.54, 1.807) is 24.3 Å². The monoisotopic (exact) mass is 506 g/mol. The van der Waals surface area contributed by atoms with Crippen molar-refractivity contribution in [3.8, 4) is 11.8 Å². The van der Waals surface area contributed by atoms with Crippen molar-refractivity contribution in [1.29, 1.82) is 5.26 Å². The number of fused-ring (bicyclic) bond motifs is 1. The first-order valence-electron chi connectivity index (χ1n) is 12.9. The summed E-state index contributed by atoms with van der Waals surface area (Å²) in [6, 6.07) is 27.3. The van der Waals surface area contributed by atoms with Gasteiger partial charge in [0, 0.05) is 38.4 Å². The molecule has 0 bridgehead atoms. The van der Waals surface area contributed by atoms with E-state index < -0.39 is 11.8 Å². The molecule has 38 heavy (non-hydrogen) atoms. The SMILES string of the molecule is CCOc1ccc(NC(=O)C(C#N)c2nc3ccccc3nc2N2CCN(Cc3ccccc3)CC2)cc1. The maximum Gasteiger partial charge on any atom is 0.248 e. The lowest BCUT2D eigenvalue weighted by atomic mass is 10.0. The number of benzene rings is 3. The summed E-state index contributed by atoms with van der Waals surface area (Å²) in [7, 11) is 0. The van der Waals surface area contributed by atoms with Gasteiger partial charge in [-0.3, -0.25) is 9.69 Å². The van der Waals surface area contributed by atoms with E-state index in [-0.39, 0.29) is 0 Å². The summed E-state index contributed by atoms with van der Waals surface area (Å²) in [5.74, 6) is -0.242. The maximum atomic E-state index is 13.3. The van der Waals surface area contributed by atoms with Crippen molar-refractivity contribution in [2.45, 2.75) is 19.4 Å². The lowest BCUT2D eigenvalue weighted by Gasteiger charge is -2.36. The smallest absolute Gasteiger partial charge is 0.248 e. The van der Waals surface area contributed by atoms with Crippen LogP contribution in [0.3, 0.4) is 0 Å². The van der Waals surface area contributed by atoms with Crippen LogP contribution in [0.4, 0.5) is 11.5 Å². The molecular formula is C30H30N6O2. The summed E-state index contributed by atoms with van der Waals surface area (Å²) in [6.45, 7) is 6.51. The Morgan fingerprint density at radius 3 is 2.26 bits per heavy atom. The van der Waals surface area contributed by atoms with E-state index in [0.717, 1.165) is 44.0 Å². The molecule has 1 N–H and O–H groups in total. The van der Waals surface area contributed by atoms with E-state index >= 15 is 0 Å². The molecule has 1 aliphatic rings. The molecule has 0 radical (unpaired) electrons. The van der Waals surface area contributed by atoms with Crippen molar-refractivity contribution in [2.75, 3.05) is 43.0 Å². The van der Waals surface area contributed by atoms with E-state index in [1.807, 2.05) is 37.3 Å². The summed E-state index contributed by atoms with van der Waals surface area (Å²) in [5.41, 5.74) is 3.64. The molecule has 0 saturated carbocycles. The van der Waals surface area contributed by atoms with Crippen LogP contribution in [0.5, 0.6) is 5.75 Å². The van der Waals surface area contributed by atoms with Gasteiger partial charge >= 0.3 is 0 Å². The van der Waals surface area contributed by atoms with Gasteiger partial charge in [0.15, 0.2) is 11.7 Å². The topological polar surface area (TPSA) is 94.4 Å². The highest BCUT2D eigenvalue weighted by molar-refractivity contribution is 5.98. The number of anilines is 2. The molecule has 4 aromatic rings. The molecule has 0 spiro atoms. The molecule has 1 fully saturated rings. The summed E-state index contributed by atoms with van der Waals surface area (Å²) in [5, 5.41) is 13.0. The fourth-order valence-corrected chi connectivity index (χ4v) is 4.65. The summed E-state index contributed by atoms with van der Waals surface area (Å²) < 4.78 is 5.48. The second-order valence-corrected chi connectivity index (χ2v) is 9.18. The zero-order valence-electron chi connectivity index (χ0n) is 21.4. The summed E-state index contributed by atoms with van der Waals surface area (Å²) in [6.07, 6.45) is 0. The standard InChI is InChI=1S/C30H30N6O2/c1-2-38-24-14-12-23(13-15-24)32-30(37)25(20-31)28-29(34-27-11-7-6-10-26(27)33-28)36-18-16-35(17-19-36)21-22-8-4-3-5-9-22/h3-15,25H,2,16-19,21H2,1H3,(H,32,37). The highest BCUT2D eigenvalue weighted by Crippen LogP contribution is 2.29. The van der Waals surface area contributed by atoms with Gasteiger partial charge in [-0.15, -0.1) is 0 Å². The van der Waals surface area contributed by atoms with Crippen molar-refractivity contribution in [1.82, 2.24) is 14.9 Å². The Labute approximate surface area is 222 Å². The number of nitrogens with one attached hydrogen (secondary N) is 1. The number of rotatable bonds is 8. The second-order valence-electron chi connectivity index (χ2n) is 9.18. The van der Waals surface area contributed by atoms with Gasteiger partial charge in [0.05, 0.1) is 23.7 Å². The van der Waals surface area contributed by atoms with Crippen molar-refractivity contribution < 1.29 is 9.53 Å². The van der Waals surface area contributed by atoms with Gasteiger partial charge in [0.1, 0.15) is 11.4 Å². The number of para-hydroxylation sites is 2. The van der Waals surface area contributed by atoms with Crippen LogP contribution in [0.2, 0.25) is 0 Å². The predicted octanol–water partition coefficient (Wildman–Crippen LogP) is 4.60. The third-order valence-electron chi connectivity index (χ3n) is 6.60. The number of carbonyl (C=O) groups excluding carboxylic acids is 1. The minimum absolute atomic E-state index is 0.381. The van der Waals surface area contributed by atoms with Crippen molar-refractivity contribution in [3.05, 3.63) is 90.1 Å². The molecule has 2 heterocycles. The minimum Gasteiger partial charge on any atom is -0.494 e. The molecule has 8 nitrogen and oxygen atoms in total. The van der Waals surface area contributed by atoms with Gasteiger partial charge in [-0.2, -0.15) is 5.26 Å². The number of nitriles is 1. The van der Waals surface area contributed by atoms with Gasteiger partial charge in [-0.05, 0) is 48.9 Å². The minimum atomic E-state index is -1.11. The number of ether oxygens (including phenoxy) is 1. The fraction of sp³-hybridized carbons (Fsp3) is 0.267. The maximum absolute atomic E-state index is 13.3. The number of carbonyl (C=O) groups is 1. The average molecular weight is 507 g/mol. The van der Waals surface area contributed by atoms with E-state index in [0.29, 0.717) is 29.3 Å². The number of piperazine rings is 1. The summed E-state index contributed by atoms with van der Waals surface area (Å²) in [4.78, 5) is 27.6. The number of nitrogens with zero attached hydrogens (tertiary/aromatic N) is 5. The van der Waals surface area contributed by atoms with Crippen LogP contribution in [0.15, 0.2) is 78.9 Å². The highest BCUT2D eigenvalue weighted by atomic mass is 16.5. The molecule has 1 atom stereocenters. The first-order chi connectivity index (χ1) is 18.6. The third-order valence-corrected chi connectivity index (χ3v) is 6.60. The molecule has 192 valence electrons. The lowest BCUT2D eigenvalue weighted by Crippen LogP contribution is -2.46. The van der Waals surface area contributed by atoms with Crippen molar-refractivity contribution in [2.24, 2.45) is 0 Å². The lowest BCUT2D eigenvalue weighted by molar-refractivity contribution is -0.116. The van der Waals surface area contributed by atoms with E-state index in [1.165, 1.54) is 5.56 Å². The van der Waals surface area contributed by atoms with Gasteiger partial charge in [-0.25, -0.2) is 9.97 Å². The van der Waals surface area contributed by atoms with Crippen LogP contribution >= 0.6 is 0 Å². The molecule has 5 rings (SSSR count). The van der Waals surface area contributed by atoms with Gasteiger partial charge in [-0.1, -0.05) is 42.5 Å². The van der Waals surface area contributed by atoms with E-state index in [9.17, 15) is 10.1 Å². The molecule has 0 aliphatic carbocycles. The normalized spacial score (nSPS) is 14.6. The number of aromatic nitrogens is 2. The Hall–Kier alpha value is -4.48. The molecule has 1 aliphatic heterocycles. The summed E-state index contributed by atoms with van der Waals surface area (Å²) >= 11 is 0. The molecule has 1 aromatic heterocycles. The van der Waals surface area contributed by atoms with Gasteiger partial charge in [0.2, 0.25) is 5.91 Å². The van der Waals surface area contributed by atoms with Crippen LogP contribution in [-0.2, 0) is 11.3 Å². The van der Waals surface area contributed by atoms with Crippen LogP contribution in [0, 0.1) is 11.3 Å². The largest absolute Gasteiger partial charge is 0.494 e. The Morgan fingerprint density at radius 2 is 1.61 bits per heavy atom. The van der Waals surface area contributed by atoms with Gasteiger partial charge < -0.3 is 15.0 Å². The van der Waals surface area contributed by atoms with Crippen LogP contribution < -0.4 is 15.0 Å². The van der Waals surface area contributed by atoms with Crippen LogP contribution in [0.1, 0.15) is 24.1 Å². The average Bonchev–Trinajstić information content (AvgIpc) is 2.95. The second kappa shape index (κ2) is 11.7. The van der Waals surface area contributed by atoms with Crippen molar-refractivity contribution >= 4 is 28.4 Å². The Bertz CT molecular complexity index is 1430. The predicted molar refractivity (Wildman–Crippen MR) is 148 cm³/mol. The molecule has 1 amide bonds. The number of hydrogen-bond acceptors (Lipinski definition) is 7. The zero-order valence-corrected chi connectivity index (χ0v) is 21.4. The fourth-order valence-electron chi connectivity index (χ4n) is 4.65. The highest BCUT2D eigenvalue weighted by Gasteiger charge is 2.30. The number of hydrogen-bond donors (Lipinski definition) is 1. The molecule has 3 aromatic carbocycles.